The van der Waals surface area contributed by atoms with Gasteiger partial charge in [0.15, 0.2) is 0 Å². The van der Waals surface area contributed by atoms with Gasteiger partial charge in [0.05, 0.1) is 5.41 Å². The molecule has 0 saturated heterocycles. The first-order valence-electron chi connectivity index (χ1n) is 15.1. The molecule has 0 nitrogen and oxygen atoms in total. The van der Waals surface area contributed by atoms with Gasteiger partial charge in [0.1, 0.15) is 0 Å². The van der Waals surface area contributed by atoms with Crippen molar-refractivity contribution in [2.24, 2.45) is 5.92 Å². The van der Waals surface area contributed by atoms with Crippen molar-refractivity contribution in [1.29, 1.82) is 0 Å². The molecule has 1 unspecified atom stereocenters. The van der Waals surface area contributed by atoms with Crippen LogP contribution >= 0.6 is 0 Å². The quantitative estimate of drug-likeness (QED) is 0.173. The maximum Gasteiger partial charge on any atom is 0.0528 e. The van der Waals surface area contributed by atoms with Gasteiger partial charge in [-0.15, -0.1) is 0 Å². The summed E-state index contributed by atoms with van der Waals surface area (Å²) in [5.74, 6) is 0.0353. The largest absolute Gasteiger partial charge is 0.0790 e. The van der Waals surface area contributed by atoms with E-state index in [9.17, 15) is 0 Å². The average Bonchev–Trinajstić information content (AvgIpc) is 3.45. The normalized spacial score (nSPS) is 16.4. The predicted octanol–water partition coefficient (Wildman–Crippen LogP) is 10.3. The molecule has 0 amide bonds. The third kappa shape index (κ3) is 4.47. The molecular formula is C43H34. The van der Waals surface area contributed by atoms with Crippen LogP contribution in [0.15, 0.2) is 200 Å². The minimum atomic E-state index is -0.479. The Morgan fingerprint density at radius 1 is 0.395 bits per heavy atom. The smallest absolute Gasteiger partial charge is 0.0528 e. The third-order valence-electron chi connectivity index (χ3n) is 9.11. The van der Waals surface area contributed by atoms with Crippen molar-refractivity contribution in [3.63, 3.8) is 0 Å². The van der Waals surface area contributed by atoms with Crippen LogP contribution in [-0.4, -0.2) is 0 Å². The second-order valence-corrected chi connectivity index (χ2v) is 11.3. The number of hydrogen-bond donors (Lipinski definition) is 0. The summed E-state index contributed by atoms with van der Waals surface area (Å²) in [6.45, 7) is 0. The fourth-order valence-electron chi connectivity index (χ4n) is 7.37. The van der Waals surface area contributed by atoms with E-state index in [1.165, 1.54) is 39.0 Å². The third-order valence-corrected chi connectivity index (χ3v) is 9.11. The Labute approximate surface area is 255 Å². The van der Waals surface area contributed by atoms with Crippen molar-refractivity contribution >= 4 is 5.57 Å². The van der Waals surface area contributed by atoms with Crippen molar-refractivity contribution in [3.8, 4) is 0 Å². The molecule has 0 bridgehead atoms. The maximum atomic E-state index is 2.52. The van der Waals surface area contributed by atoms with Gasteiger partial charge in [0, 0.05) is 11.3 Å². The minimum absolute atomic E-state index is 0.0353. The van der Waals surface area contributed by atoms with Crippen LogP contribution in [-0.2, 0) is 10.8 Å². The molecule has 1 aliphatic carbocycles. The van der Waals surface area contributed by atoms with Gasteiger partial charge in [-0.25, -0.2) is 0 Å². The summed E-state index contributed by atoms with van der Waals surface area (Å²) in [5.41, 5.74) is 7.86. The fourth-order valence-corrected chi connectivity index (χ4v) is 7.37. The highest BCUT2D eigenvalue weighted by Crippen LogP contribution is 2.62. The molecule has 6 aromatic rings. The Balaban J connectivity index is 1.62. The summed E-state index contributed by atoms with van der Waals surface area (Å²) >= 11 is 0. The summed E-state index contributed by atoms with van der Waals surface area (Å²) in [7, 11) is 0. The van der Waals surface area contributed by atoms with E-state index in [0.29, 0.717) is 0 Å². The molecule has 0 aromatic heterocycles. The van der Waals surface area contributed by atoms with Gasteiger partial charge in [-0.3, -0.25) is 0 Å². The summed E-state index contributed by atoms with van der Waals surface area (Å²) in [6, 6.07) is 66.1. The molecule has 0 spiro atoms. The zero-order valence-corrected chi connectivity index (χ0v) is 24.1. The maximum absolute atomic E-state index is 2.52. The molecule has 0 saturated carbocycles. The van der Waals surface area contributed by atoms with Gasteiger partial charge in [-0.1, -0.05) is 200 Å². The van der Waals surface area contributed by atoms with Crippen molar-refractivity contribution in [2.45, 2.75) is 10.8 Å². The van der Waals surface area contributed by atoms with E-state index in [0.717, 1.165) is 0 Å². The fraction of sp³-hybridized carbons (Fsp3) is 0.0698. The van der Waals surface area contributed by atoms with E-state index in [1.54, 1.807) is 0 Å². The molecule has 1 aliphatic rings. The Morgan fingerprint density at radius 2 is 0.721 bits per heavy atom. The summed E-state index contributed by atoms with van der Waals surface area (Å²) in [4.78, 5) is 0. The topological polar surface area (TPSA) is 0 Å². The highest BCUT2D eigenvalue weighted by atomic mass is 14.6. The number of hydrogen-bond acceptors (Lipinski definition) is 0. The van der Waals surface area contributed by atoms with Gasteiger partial charge in [-0.2, -0.15) is 0 Å². The number of allylic oxidation sites excluding steroid dienone is 3. The first-order chi connectivity index (χ1) is 21.3. The van der Waals surface area contributed by atoms with Crippen LogP contribution in [0.2, 0.25) is 0 Å². The Kier molecular flexibility index (Phi) is 7.19. The Hall–Kier alpha value is -5.20. The van der Waals surface area contributed by atoms with Crippen LogP contribution in [0.3, 0.4) is 0 Å². The monoisotopic (exact) mass is 550 g/mol. The molecule has 43 heavy (non-hydrogen) atoms. The predicted molar refractivity (Wildman–Crippen MR) is 180 cm³/mol. The van der Waals surface area contributed by atoms with E-state index >= 15 is 0 Å². The van der Waals surface area contributed by atoms with Crippen molar-refractivity contribution in [3.05, 3.63) is 234 Å². The van der Waals surface area contributed by atoms with Crippen molar-refractivity contribution in [1.82, 2.24) is 0 Å². The van der Waals surface area contributed by atoms with E-state index in [4.69, 9.17) is 0 Å². The highest BCUT2D eigenvalue weighted by molar-refractivity contribution is 5.81. The Morgan fingerprint density at radius 3 is 1.09 bits per heavy atom. The van der Waals surface area contributed by atoms with Gasteiger partial charge >= 0.3 is 0 Å². The second kappa shape index (κ2) is 11.6. The van der Waals surface area contributed by atoms with Crippen LogP contribution in [0.5, 0.6) is 0 Å². The molecule has 0 heterocycles. The molecular weight excluding hydrogens is 516 g/mol. The van der Waals surface area contributed by atoms with E-state index < -0.39 is 10.8 Å². The summed E-state index contributed by atoms with van der Waals surface area (Å²) in [6.07, 6.45) is 7.48. The van der Waals surface area contributed by atoms with Gasteiger partial charge < -0.3 is 0 Å². The van der Waals surface area contributed by atoms with Crippen LogP contribution in [0.1, 0.15) is 33.4 Å². The van der Waals surface area contributed by atoms with Gasteiger partial charge in [-0.05, 0) is 39.0 Å². The van der Waals surface area contributed by atoms with Crippen molar-refractivity contribution < 1.29 is 0 Å². The molecule has 7 rings (SSSR count). The lowest BCUT2D eigenvalue weighted by Gasteiger charge is -2.50. The molecule has 206 valence electrons. The molecule has 0 fully saturated rings. The lowest BCUT2D eigenvalue weighted by molar-refractivity contribution is 0.346. The van der Waals surface area contributed by atoms with Crippen LogP contribution in [0.4, 0.5) is 0 Å². The lowest BCUT2D eigenvalue weighted by atomic mass is 9.50. The molecule has 0 radical (unpaired) electrons. The zero-order valence-electron chi connectivity index (χ0n) is 24.1. The van der Waals surface area contributed by atoms with Crippen molar-refractivity contribution in [2.75, 3.05) is 0 Å². The van der Waals surface area contributed by atoms with E-state index in [1.807, 2.05) is 0 Å². The van der Waals surface area contributed by atoms with E-state index in [2.05, 4.69) is 200 Å². The van der Waals surface area contributed by atoms with Crippen LogP contribution in [0.25, 0.3) is 5.57 Å². The SMILES string of the molecule is C1=CC(c2ccccc2)(c2ccccc2)C(c2ccccc2)(c2ccccc2)C1C=C(c1ccccc1)c1ccccc1. The molecule has 0 N–H and O–H groups in total. The van der Waals surface area contributed by atoms with Crippen LogP contribution in [0, 0.1) is 5.92 Å². The lowest BCUT2D eigenvalue weighted by Crippen LogP contribution is -2.50. The molecule has 1 atom stereocenters. The van der Waals surface area contributed by atoms with Gasteiger partial charge in [0.2, 0.25) is 0 Å². The second-order valence-electron chi connectivity index (χ2n) is 11.3. The average molecular weight is 551 g/mol. The first kappa shape index (κ1) is 26.7. The number of benzene rings is 6. The summed E-state index contributed by atoms with van der Waals surface area (Å²) < 4.78 is 0. The van der Waals surface area contributed by atoms with Gasteiger partial charge in [0.25, 0.3) is 0 Å². The standard InChI is InChI=1S/C43H34/c1-7-19-34(20-8-1)41(35-21-9-2-10-22-35)33-40-31-32-42(36-23-11-3-12-24-36,37-25-13-4-14-26-37)43(40,38-27-15-5-16-28-38)39-29-17-6-18-30-39/h1-33,40H. The molecule has 0 heteroatoms. The van der Waals surface area contributed by atoms with Crippen LogP contribution < -0.4 is 0 Å². The Bertz CT molecular complexity index is 1700. The number of rotatable bonds is 7. The highest BCUT2D eigenvalue weighted by Gasteiger charge is 2.60. The molecule has 6 aromatic carbocycles. The summed E-state index contributed by atoms with van der Waals surface area (Å²) in [5, 5.41) is 0. The first-order valence-corrected chi connectivity index (χ1v) is 15.1. The van der Waals surface area contributed by atoms with E-state index in [-0.39, 0.29) is 5.92 Å². The molecule has 0 aliphatic heterocycles. The zero-order chi connectivity index (χ0) is 29.0. The minimum Gasteiger partial charge on any atom is -0.0790 e.